The number of carbonyl (C=O) groups excluding carboxylic acids is 1. The van der Waals surface area contributed by atoms with Gasteiger partial charge < -0.3 is 16.4 Å². The molecule has 3 aromatic carbocycles. The number of urea groups is 1. The Morgan fingerprint density at radius 3 is 1.88 bits per heavy atom. The number of hydrogen-bond acceptors (Lipinski definition) is 4. The van der Waals surface area contributed by atoms with Gasteiger partial charge in [-0.15, -0.1) is 0 Å². The smallest absolute Gasteiger partial charge is 0.323 e. The predicted octanol–water partition coefficient (Wildman–Crippen LogP) is 3.37. The molecule has 3 rings (SSSR count). The molecule has 0 aliphatic heterocycles. The topological polar surface area (TPSA) is 137 Å². The number of hydrogen-bond donors (Lipinski definition) is 5. The lowest BCUT2D eigenvalue weighted by Crippen LogP contribution is -2.24. The van der Waals surface area contributed by atoms with Crippen LogP contribution in [0.2, 0.25) is 0 Å². The maximum Gasteiger partial charge on any atom is 0.323 e. The first-order valence-corrected chi connectivity index (χ1v) is 10.7. The molecule has 166 valence electrons. The Bertz CT molecular complexity index is 1230. The third-order valence-corrected chi connectivity index (χ3v) is 5.79. The summed E-state index contributed by atoms with van der Waals surface area (Å²) in [4.78, 5) is 12.0. The van der Waals surface area contributed by atoms with Crippen LogP contribution < -0.4 is 21.1 Å². The average molecular weight is 459 g/mol. The van der Waals surface area contributed by atoms with Crippen LogP contribution in [0.4, 0.5) is 25.0 Å². The molecule has 0 atom stereocenters. The van der Waals surface area contributed by atoms with Crippen LogP contribution >= 0.6 is 0 Å². The van der Waals surface area contributed by atoms with Crippen molar-refractivity contribution >= 4 is 33.3 Å². The van der Waals surface area contributed by atoms with E-state index in [0.717, 1.165) is 12.1 Å². The molecule has 0 aliphatic carbocycles. The van der Waals surface area contributed by atoms with E-state index in [9.17, 15) is 22.0 Å². The first kappa shape index (κ1) is 22.8. The lowest BCUT2D eigenvalue weighted by atomic mass is 10.2. The molecule has 0 heterocycles. The molecule has 2 amide bonds. The van der Waals surface area contributed by atoms with Crippen molar-refractivity contribution in [1.82, 2.24) is 4.72 Å². The van der Waals surface area contributed by atoms with Gasteiger partial charge in [-0.05, 0) is 60.7 Å². The minimum atomic E-state index is -4.04. The van der Waals surface area contributed by atoms with E-state index < -0.39 is 34.2 Å². The lowest BCUT2D eigenvalue weighted by molar-refractivity contribution is 0.262. The normalized spacial score (nSPS) is 11.1. The summed E-state index contributed by atoms with van der Waals surface area (Å²) in [5.74, 6) is -1.80. The van der Waals surface area contributed by atoms with Crippen molar-refractivity contribution in [3.63, 3.8) is 0 Å². The summed E-state index contributed by atoms with van der Waals surface area (Å²) in [7, 11) is -4.04. The molecule has 6 N–H and O–H groups in total. The first-order valence-electron chi connectivity index (χ1n) is 9.21. The highest BCUT2D eigenvalue weighted by Crippen LogP contribution is 2.17. The maximum atomic E-state index is 13.7. The molecule has 3 aromatic rings. The Kier molecular flexibility index (Phi) is 6.81. The number of benzene rings is 3. The minimum absolute atomic E-state index is 0.0930. The number of sulfonamides is 1. The SMILES string of the molecule is N=C(N)c1ccc(NC(=O)Nc2ccc(S(=O)(=O)NCc3c(F)cccc3F)cc2)cc1. The lowest BCUT2D eigenvalue weighted by Gasteiger charge is -2.10. The van der Waals surface area contributed by atoms with E-state index in [-0.39, 0.29) is 16.3 Å². The summed E-state index contributed by atoms with van der Waals surface area (Å²) < 4.78 is 54.3. The molecule has 0 spiro atoms. The Labute approximate surface area is 183 Å². The van der Waals surface area contributed by atoms with Gasteiger partial charge in [-0.1, -0.05) is 6.07 Å². The average Bonchev–Trinajstić information content (AvgIpc) is 2.74. The second kappa shape index (κ2) is 9.54. The van der Waals surface area contributed by atoms with Gasteiger partial charge in [0.15, 0.2) is 0 Å². The Morgan fingerprint density at radius 1 is 0.875 bits per heavy atom. The van der Waals surface area contributed by atoms with Gasteiger partial charge in [0.2, 0.25) is 10.0 Å². The summed E-state index contributed by atoms with van der Waals surface area (Å²) in [6, 6.07) is 14.3. The molecule has 0 unspecified atom stereocenters. The zero-order valence-electron chi connectivity index (χ0n) is 16.5. The summed E-state index contributed by atoms with van der Waals surface area (Å²) in [5.41, 5.74) is 6.29. The highest BCUT2D eigenvalue weighted by molar-refractivity contribution is 7.89. The van der Waals surface area contributed by atoms with Crippen LogP contribution in [0.25, 0.3) is 0 Å². The molecule has 0 aliphatic rings. The number of carbonyl (C=O) groups is 1. The second-order valence-corrected chi connectivity index (χ2v) is 8.39. The number of nitrogen functional groups attached to an aromatic ring is 1. The third-order valence-electron chi connectivity index (χ3n) is 4.38. The van der Waals surface area contributed by atoms with E-state index in [1.807, 2.05) is 0 Å². The first-order chi connectivity index (χ1) is 15.2. The number of amidine groups is 1. The monoisotopic (exact) mass is 459 g/mol. The molecule has 0 aromatic heterocycles. The highest BCUT2D eigenvalue weighted by atomic mass is 32.2. The Hall–Kier alpha value is -3.83. The van der Waals surface area contributed by atoms with Crippen molar-refractivity contribution in [2.24, 2.45) is 5.73 Å². The summed E-state index contributed by atoms with van der Waals surface area (Å²) in [6.07, 6.45) is 0. The van der Waals surface area contributed by atoms with Crippen LogP contribution in [-0.4, -0.2) is 20.3 Å². The molecule has 11 heteroatoms. The van der Waals surface area contributed by atoms with E-state index in [2.05, 4.69) is 15.4 Å². The molecule has 8 nitrogen and oxygen atoms in total. The number of anilines is 2. The van der Waals surface area contributed by atoms with Gasteiger partial charge >= 0.3 is 6.03 Å². The van der Waals surface area contributed by atoms with Crippen LogP contribution in [0.5, 0.6) is 0 Å². The van der Waals surface area contributed by atoms with Crippen LogP contribution in [0.15, 0.2) is 71.6 Å². The third kappa shape index (κ3) is 5.65. The van der Waals surface area contributed by atoms with E-state index in [0.29, 0.717) is 16.9 Å². The van der Waals surface area contributed by atoms with Crippen molar-refractivity contribution in [2.45, 2.75) is 11.4 Å². The van der Waals surface area contributed by atoms with Crippen LogP contribution in [0.3, 0.4) is 0 Å². The zero-order valence-corrected chi connectivity index (χ0v) is 17.3. The Balaban J connectivity index is 1.61. The van der Waals surface area contributed by atoms with E-state index in [1.54, 1.807) is 24.3 Å². The quantitative estimate of drug-likeness (QED) is 0.273. The number of amides is 2. The number of nitrogens with one attached hydrogen (secondary N) is 4. The number of rotatable bonds is 7. The van der Waals surface area contributed by atoms with Gasteiger partial charge in [0, 0.05) is 29.0 Å². The molecule has 32 heavy (non-hydrogen) atoms. The maximum absolute atomic E-state index is 13.7. The van der Waals surface area contributed by atoms with E-state index >= 15 is 0 Å². The van der Waals surface area contributed by atoms with Crippen LogP contribution in [-0.2, 0) is 16.6 Å². The second-order valence-electron chi connectivity index (χ2n) is 6.62. The number of halogens is 2. The van der Waals surface area contributed by atoms with Crippen LogP contribution in [0, 0.1) is 17.0 Å². The minimum Gasteiger partial charge on any atom is -0.384 e. The molecule has 0 saturated carbocycles. The molecule has 0 bridgehead atoms. The van der Waals surface area contributed by atoms with Crippen molar-refractivity contribution in [1.29, 1.82) is 5.41 Å². The van der Waals surface area contributed by atoms with E-state index in [4.69, 9.17) is 11.1 Å². The van der Waals surface area contributed by atoms with Gasteiger partial charge in [-0.2, -0.15) is 0 Å². The highest BCUT2D eigenvalue weighted by Gasteiger charge is 2.17. The molecule has 0 radical (unpaired) electrons. The summed E-state index contributed by atoms with van der Waals surface area (Å²) in [6.45, 7) is -0.550. The zero-order chi connectivity index (χ0) is 23.3. The van der Waals surface area contributed by atoms with Gasteiger partial charge in [0.1, 0.15) is 17.5 Å². The predicted molar refractivity (Wildman–Crippen MR) is 117 cm³/mol. The largest absolute Gasteiger partial charge is 0.384 e. The van der Waals surface area contributed by atoms with Crippen molar-refractivity contribution < 1.29 is 22.0 Å². The van der Waals surface area contributed by atoms with Crippen molar-refractivity contribution in [2.75, 3.05) is 10.6 Å². The Morgan fingerprint density at radius 2 is 1.38 bits per heavy atom. The van der Waals surface area contributed by atoms with Gasteiger partial charge in [0.25, 0.3) is 0 Å². The molecule has 0 fully saturated rings. The molecular formula is C21H19F2N5O3S. The van der Waals surface area contributed by atoms with Gasteiger partial charge in [-0.25, -0.2) is 26.7 Å². The fourth-order valence-corrected chi connectivity index (χ4v) is 3.69. The van der Waals surface area contributed by atoms with E-state index in [1.165, 1.54) is 30.3 Å². The standard InChI is InChI=1S/C21H19F2N5O3S/c22-18-2-1-3-19(23)17(18)12-26-32(30,31)16-10-8-15(9-11-16)28-21(29)27-14-6-4-13(5-7-14)20(24)25/h1-11,26H,12H2,(H3,24,25)(H2,27,28,29). The fraction of sp³-hybridized carbons (Fsp3) is 0.0476. The molecular weight excluding hydrogens is 440 g/mol. The summed E-state index contributed by atoms with van der Waals surface area (Å²) >= 11 is 0. The van der Waals surface area contributed by atoms with Crippen molar-refractivity contribution in [3.05, 3.63) is 89.5 Å². The number of nitrogens with two attached hydrogens (primary N) is 1. The van der Waals surface area contributed by atoms with Gasteiger partial charge in [-0.3, -0.25) is 5.41 Å². The van der Waals surface area contributed by atoms with Crippen molar-refractivity contribution in [3.8, 4) is 0 Å². The fourth-order valence-electron chi connectivity index (χ4n) is 2.70. The van der Waals surface area contributed by atoms with Gasteiger partial charge in [0.05, 0.1) is 4.90 Å². The molecule has 0 saturated heterocycles. The van der Waals surface area contributed by atoms with Crippen LogP contribution in [0.1, 0.15) is 11.1 Å². The summed E-state index contributed by atoms with van der Waals surface area (Å²) in [5, 5.41) is 12.5.